The van der Waals surface area contributed by atoms with Crippen LogP contribution in [0.2, 0.25) is 0 Å². The van der Waals surface area contributed by atoms with Gasteiger partial charge in [0.1, 0.15) is 0 Å². The van der Waals surface area contributed by atoms with Gasteiger partial charge in [0.25, 0.3) is 5.91 Å². The molecular weight excluding hydrogens is 200 g/mol. The van der Waals surface area contributed by atoms with Gasteiger partial charge in [-0.1, -0.05) is 13.0 Å². The van der Waals surface area contributed by atoms with Gasteiger partial charge in [-0.05, 0) is 38.5 Å². The third-order valence-corrected chi connectivity index (χ3v) is 2.86. The smallest absolute Gasteiger partial charge is 0.254 e. The molecule has 3 nitrogen and oxygen atoms in total. The minimum absolute atomic E-state index is 0.0594. The van der Waals surface area contributed by atoms with Gasteiger partial charge in [0.15, 0.2) is 0 Å². The molecule has 0 saturated heterocycles. The first kappa shape index (κ1) is 12.6. The number of carbonyl (C=O) groups excluding carboxylic acids is 1. The van der Waals surface area contributed by atoms with Crippen molar-refractivity contribution in [3.8, 4) is 0 Å². The van der Waals surface area contributed by atoms with Crippen molar-refractivity contribution < 1.29 is 4.79 Å². The monoisotopic (exact) mass is 220 g/mol. The minimum atomic E-state index is 0.0594. The summed E-state index contributed by atoms with van der Waals surface area (Å²) in [5.41, 5.74) is 6.98. The van der Waals surface area contributed by atoms with Gasteiger partial charge in [-0.25, -0.2) is 0 Å². The average Bonchev–Trinajstić information content (AvgIpc) is 2.29. The number of benzene rings is 1. The van der Waals surface area contributed by atoms with Crippen LogP contribution in [0.3, 0.4) is 0 Å². The van der Waals surface area contributed by atoms with E-state index in [0.717, 1.165) is 13.0 Å². The number of anilines is 1. The lowest BCUT2D eigenvalue weighted by Gasteiger charge is -2.27. The topological polar surface area (TPSA) is 46.3 Å². The second-order valence-corrected chi connectivity index (χ2v) is 3.97. The van der Waals surface area contributed by atoms with Gasteiger partial charge in [0.2, 0.25) is 0 Å². The number of hydrogen-bond donors (Lipinski definition) is 1. The summed E-state index contributed by atoms with van der Waals surface area (Å²) in [6.07, 6.45) is 0.960. The average molecular weight is 220 g/mol. The summed E-state index contributed by atoms with van der Waals surface area (Å²) in [6, 6.07) is 7.40. The Morgan fingerprint density at radius 3 is 2.62 bits per heavy atom. The van der Waals surface area contributed by atoms with E-state index in [4.69, 9.17) is 5.73 Å². The van der Waals surface area contributed by atoms with Crippen molar-refractivity contribution in [2.24, 2.45) is 0 Å². The van der Waals surface area contributed by atoms with Gasteiger partial charge in [-0.2, -0.15) is 0 Å². The zero-order valence-corrected chi connectivity index (χ0v) is 10.2. The van der Waals surface area contributed by atoms with Crippen LogP contribution in [0.15, 0.2) is 24.3 Å². The van der Waals surface area contributed by atoms with E-state index in [9.17, 15) is 4.79 Å². The molecule has 1 unspecified atom stereocenters. The lowest BCUT2D eigenvalue weighted by Crippen LogP contribution is -2.38. The van der Waals surface area contributed by atoms with Gasteiger partial charge in [0, 0.05) is 23.8 Å². The van der Waals surface area contributed by atoms with Gasteiger partial charge in [-0.3, -0.25) is 4.79 Å². The fourth-order valence-electron chi connectivity index (χ4n) is 1.71. The van der Waals surface area contributed by atoms with Crippen LogP contribution in [0.4, 0.5) is 5.69 Å². The first-order valence-electron chi connectivity index (χ1n) is 5.76. The summed E-state index contributed by atoms with van der Waals surface area (Å²) in [6.45, 7) is 6.87. The van der Waals surface area contributed by atoms with E-state index in [0.29, 0.717) is 11.3 Å². The molecule has 0 aliphatic heterocycles. The summed E-state index contributed by atoms with van der Waals surface area (Å²) in [5.74, 6) is 0.0594. The van der Waals surface area contributed by atoms with E-state index >= 15 is 0 Å². The van der Waals surface area contributed by atoms with Crippen LogP contribution < -0.4 is 5.73 Å². The summed E-state index contributed by atoms with van der Waals surface area (Å²) >= 11 is 0. The molecule has 1 rings (SSSR count). The highest BCUT2D eigenvalue weighted by molar-refractivity contribution is 5.95. The van der Waals surface area contributed by atoms with Gasteiger partial charge >= 0.3 is 0 Å². The Balaban J connectivity index is 2.91. The van der Waals surface area contributed by atoms with Crippen LogP contribution >= 0.6 is 0 Å². The number of nitrogens with two attached hydrogens (primary N) is 1. The lowest BCUT2D eigenvalue weighted by molar-refractivity contribution is 0.0700. The Morgan fingerprint density at radius 1 is 1.44 bits per heavy atom. The molecule has 0 saturated carbocycles. The molecule has 3 heteroatoms. The van der Waals surface area contributed by atoms with Crippen LogP contribution in [0.5, 0.6) is 0 Å². The zero-order valence-electron chi connectivity index (χ0n) is 10.2. The van der Waals surface area contributed by atoms with E-state index in [2.05, 4.69) is 13.8 Å². The van der Waals surface area contributed by atoms with Crippen molar-refractivity contribution in [2.45, 2.75) is 33.2 Å². The Bertz CT molecular complexity index is 363. The van der Waals surface area contributed by atoms with Gasteiger partial charge < -0.3 is 10.6 Å². The molecule has 0 aromatic heterocycles. The van der Waals surface area contributed by atoms with E-state index in [1.165, 1.54) is 0 Å². The Hall–Kier alpha value is -1.51. The maximum absolute atomic E-state index is 12.2. The molecule has 2 N–H and O–H groups in total. The molecule has 0 spiro atoms. The van der Waals surface area contributed by atoms with Crippen molar-refractivity contribution in [1.29, 1.82) is 0 Å². The first-order chi connectivity index (χ1) is 7.60. The molecule has 1 aromatic carbocycles. The summed E-state index contributed by atoms with van der Waals surface area (Å²) < 4.78 is 0. The molecule has 0 radical (unpaired) electrons. The van der Waals surface area contributed by atoms with Crippen molar-refractivity contribution in [3.63, 3.8) is 0 Å². The van der Waals surface area contributed by atoms with E-state index in [-0.39, 0.29) is 11.9 Å². The number of nitrogen functional groups attached to an aromatic ring is 1. The van der Waals surface area contributed by atoms with Crippen molar-refractivity contribution in [1.82, 2.24) is 4.90 Å². The predicted octanol–water partition coefficient (Wildman–Crippen LogP) is 2.53. The number of hydrogen-bond acceptors (Lipinski definition) is 2. The Labute approximate surface area is 97.2 Å². The third-order valence-electron chi connectivity index (χ3n) is 2.86. The van der Waals surface area contributed by atoms with Crippen molar-refractivity contribution in [3.05, 3.63) is 29.8 Å². The maximum atomic E-state index is 12.2. The molecule has 0 aliphatic carbocycles. The number of rotatable bonds is 4. The number of amides is 1. The highest BCUT2D eigenvalue weighted by Crippen LogP contribution is 2.13. The van der Waals surface area contributed by atoms with Gasteiger partial charge in [-0.15, -0.1) is 0 Å². The molecule has 16 heavy (non-hydrogen) atoms. The molecule has 1 aromatic rings. The van der Waals surface area contributed by atoms with Crippen LogP contribution in [-0.4, -0.2) is 23.4 Å². The van der Waals surface area contributed by atoms with Crippen LogP contribution in [0.1, 0.15) is 37.6 Å². The number of nitrogens with zero attached hydrogens (tertiary/aromatic N) is 1. The summed E-state index contributed by atoms with van der Waals surface area (Å²) in [4.78, 5) is 14.1. The summed E-state index contributed by atoms with van der Waals surface area (Å²) in [7, 11) is 0. The van der Waals surface area contributed by atoms with Gasteiger partial charge in [0.05, 0.1) is 0 Å². The molecule has 0 fully saturated rings. The van der Waals surface area contributed by atoms with Crippen LogP contribution in [0, 0.1) is 0 Å². The molecule has 0 heterocycles. The molecule has 1 amide bonds. The SMILES string of the molecule is CCC(C)N(CC)C(=O)c1cccc(N)c1. The maximum Gasteiger partial charge on any atom is 0.254 e. The first-order valence-corrected chi connectivity index (χ1v) is 5.76. The van der Waals surface area contributed by atoms with Crippen LogP contribution in [-0.2, 0) is 0 Å². The highest BCUT2D eigenvalue weighted by atomic mass is 16.2. The largest absolute Gasteiger partial charge is 0.399 e. The quantitative estimate of drug-likeness (QED) is 0.792. The normalized spacial score (nSPS) is 12.2. The molecule has 0 bridgehead atoms. The molecule has 1 atom stereocenters. The predicted molar refractivity (Wildman–Crippen MR) is 67.3 cm³/mol. The number of carbonyl (C=O) groups is 1. The standard InChI is InChI=1S/C13H20N2O/c1-4-10(3)15(5-2)13(16)11-7-6-8-12(14)9-11/h6-10H,4-5,14H2,1-3H3. The molecular formula is C13H20N2O. The second-order valence-electron chi connectivity index (χ2n) is 3.97. The fraction of sp³-hybridized carbons (Fsp3) is 0.462. The third kappa shape index (κ3) is 2.75. The lowest BCUT2D eigenvalue weighted by atomic mass is 10.1. The minimum Gasteiger partial charge on any atom is -0.399 e. The summed E-state index contributed by atoms with van der Waals surface area (Å²) in [5, 5.41) is 0. The Kier molecular flexibility index (Phi) is 4.35. The van der Waals surface area contributed by atoms with Crippen molar-refractivity contribution in [2.75, 3.05) is 12.3 Å². The van der Waals surface area contributed by atoms with E-state index < -0.39 is 0 Å². The molecule has 0 aliphatic rings. The highest BCUT2D eigenvalue weighted by Gasteiger charge is 2.18. The van der Waals surface area contributed by atoms with Crippen molar-refractivity contribution >= 4 is 11.6 Å². The van der Waals surface area contributed by atoms with Crippen LogP contribution in [0.25, 0.3) is 0 Å². The second kappa shape index (κ2) is 5.54. The Morgan fingerprint density at radius 2 is 2.12 bits per heavy atom. The fourth-order valence-corrected chi connectivity index (χ4v) is 1.71. The van der Waals surface area contributed by atoms with E-state index in [1.807, 2.05) is 24.0 Å². The molecule has 88 valence electrons. The zero-order chi connectivity index (χ0) is 12.1. The van der Waals surface area contributed by atoms with E-state index in [1.54, 1.807) is 12.1 Å².